The van der Waals surface area contributed by atoms with Gasteiger partial charge in [0.05, 0.1) is 0 Å². The van der Waals surface area contributed by atoms with Gasteiger partial charge in [-0.15, -0.1) is 0 Å². The van der Waals surface area contributed by atoms with Crippen LogP contribution in [0.5, 0.6) is 0 Å². The van der Waals surface area contributed by atoms with Crippen LogP contribution in [0.2, 0.25) is 9.36 Å². The van der Waals surface area contributed by atoms with E-state index in [0.29, 0.717) is 4.34 Å². The molecule has 0 atom stereocenters. The van der Waals surface area contributed by atoms with E-state index in [0.717, 1.165) is 11.5 Å². The van der Waals surface area contributed by atoms with E-state index in [4.69, 9.17) is 34.3 Å². The van der Waals surface area contributed by atoms with Crippen LogP contribution in [0, 0.1) is 5.41 Å². The standard InChI is InChI=1S/C4H3Cl2N3S/c5-1-2(4(7)8)9-10-3(1)6/h(H3,7,8). The predicted molar refractivity (Wildman–Crippen MR) is 43.2 cm³/mol. The smallest absolute Gasteiger partial charge is 0.144 e. The molecule has 0 amide bonds. The van der Waals surface area contributed by atoms with Crippen molar-refractivity contribution in [2.24, 2.45) is 5.73 Å². The van der Waals surface area contributed by atoms with E-state index < -0.39 is 0 Å². The van der Waals surface area contributed by atoms with E-state index in [1.54, 1.807) is 0 Å². The third-order valence-corrected chi connectivity index (χ3v) is 2.46. The predicted octanol–water partition coefficient (Wildman–Crippen LogP) is 1.73. The molecule has 1 aromatic heterocycles. The Hall–Kier alpha value is -0.320. The van der Waals surface area contributed by atoms with Gasteiger partial charge in [-0.05, 0) is 11.5 Å². The minimum atomic E-state index is -0.159. The Morgan fingerprint density at radius 1 is 1.60 bits per heavy atom. The maximum atomic E-state index is 6.97. The highest BCUT2D eigenvalue weighted by Crippen LogP contribution is 2.28. The molecular formula is C4H3Cl2N3S. The maximum Gasteiger partial charge on any atom is 0.144 e. The molecule has 0 bridgehead atoms. The number of nitrogens with one attached hydrogen (secondary N) is 1. The monoisotopic (exact) mass is 195 g/mol. The van der Waals surface area contributed by atoms with Gasteiger partial charge in [0.2, 0.25) is 0 Å². The highest BCUT2D eigenvalue weighted by molar-refractivity contribution is 7.11. The van der Waals surface area contributed by atoms with Crippen molar-refractivity contribution in [1.82, 2.24) is 4.37 Å². The van der Waals surface area contributed by atoms with E-state index >= 15 is 0 Å². The lowest BCUT2D eigenvalue weighted by Gasteiger charge is -1.88. The molecule has 1 aromatic rings. The van der Waals surface area contributed by atoms with Crippen molar-refractivity contribution in [3.8, 4) is 0 Å². The first-order valence-corrected chi connectivity index (χ1v) is 3.81. The molecule has 0 aliphatic rings. The second-order valence-corrected chi connectivity index (χ2v) is 3.29. The summed E-state index contributed by atoms with van der Waals surface area (Å²) < 4.78 is 4.11. The van der Waals surface area contributed by atoms with Crippen molar-refractivity contribution < 1.29 is 0 Å². The lowest BCUT2D eigenvalue weighted by atomic mass is 10.4. The average Bonchev–Trinajstić information content (AvgIpc) is 2.14. The number of rotatable bonds is 1. The molecule has 1 rings (SSSR count). The molecule has 0 saturated heterocycles. The summed E-state index contributed by atoms with van der Waals surface area (Å²) in [6.07, 6.45) is 0. The van der Waals surface area contributed by atoms with Gasteiger partial charge >= 0.3 is 0 Å². The van der Waals surface area contributed by atoms with Crippen LogP contribution in [0.1, 0.15) is 5.69 Å². The molecule has 0 unspecified atom stereocenters. The lowest BCUT2D eigenvalue weighted by molar-refractivity contribution is 1.37. The largest absolute Gasteiger partial charge is 0.382 e. The quantitative estimate of drug-likeness (QED) is 0.530. The summed E-state index contributed by atoms with van der Waals surface area (Å²) >= 11 is 12.2. The van der Waals surface area contributed by atoms with Gasteiger partial charge in [-0.25, -0.2) is 0 Å². The van der Waals surface area contributed by atoms with Crippen LogP contribution in [-0.4, -0.2) is 10.2 Å². The van der Waals surface area contributed by atoms with E-state index in [2.05, 4.69) is 4.37 Å². The molecule has 0 aliphatic heterocycles. The Kier molecular flexibility index (Phi) is 2.13. The molecule has 54 valence electrons. The lowest BCUT2D eigenvalue weighted by Crippen LogP contribution is -2.11. The number of hydrogen-bond donors (Lipinski definition) is 2. The zero-order chi connectivity index (χ0) is 7.72. The normalized spacial score (nSPS) is 9.80. The van der Waals surface area contributed by atoms with Crippen molar-refractivity contribution in [2.45, 2.75) is 0 Å². The van der Waals surface area contributed by atoms with Crippen LogP contribution in [0.15, 0.2) is 0 Å². The highest BCUT2D eigenvalue weighted by Gasteiger charge is 2.11. The van der Waals surface area contributed by atoms with E-state index in [9.17, 15) is 0 Å². The Morgan fingerprint density at radius 3 is 2.40 bits per heavy atom. The van der Waals surface area contributed by atoms with Gasteiger partial charge in [0.25, 0.3) is 0 Å². The van der Waals surface area contributed by atoms with Crippen molar-refractivity contribution >= 4 is 40.6 Å². The third kappa shape index (κ3) is 1.23. The molecule has 0 saturated carbocycles. The first kappa shape index (κ1) is 7.78. The zero-order valence-corrected chi connectivity index (χ0v) is 7.02. The van der Waals surface area contributed by atoms with Crippen molar-refractivity contribution in [3.05, 3.63) is 15.1 Å². The molecular weight excluding hydrogens is 193 g/mol. The number of amidine groups is 1. The van der Waals surface area contributed by atoms with Gasteiger partial charge in [0.1, 0.15) is 20.9 Å². The van der Waals surface area contributed by atoms with Crippen LogP contribution in [-0.2, 0) is 0 Å². The second kappa shape index (κ2) is 2.74. The summed E-state index contributed by atoms with van der Waals surface area (Å²) in [7, 11) is 0. The van der Waals surface area contributed by atoms with Crippen molar-refractivity contribution in [3.63, 3.8) is 0 Å². The molecule has 10 heavy (non-hydrogen) atoms. The van der Waals surface area contributed by atoms with Gasteiger partial charge in [-0.3, -0.25) is 5.41 Å². The maximum absolute atomic E-state index is 6.97. The minimum Gasteiger partial charge on any atom is -0.382 e. The Balaban J connectivity index is 3.17. The van der Waals surface area contributed by atoms with Crippen LogP contribution < -0.4 is 5.73 Å². The number of aromatic nitrogens is 1. The Morgan fingerprint density at radius 2 is 2.20 bits per heavy atom. The molecule has 3 N–H and O–H groups in total. The number of nitrogens with two attached hydrogens (primary N) is 1. The van der Waals surface area contributed by atoms with Gasteiger partial charge in [0.15, 0.2) is 0 Å². The summed E-state index contributed by atoms with van der Waals surface area (Å²) in [6.45, 7) is 0. The summed E-state index contributed by atoms with van der Waals surface area (Å²) in [5.74, 6) is -0.159. The Bertz CT molecular complexity index is 269. The second-order valence-electron chi connectivity index (χ2n) is 1.53. The molecule has 6 heteroatoms. The van der Waals surface area contributed by atoms with Crippen LogP contribution in [0.25, 0.3) is 0 Å². The molecule has 0 aromatic carbocycles. The molecule has 1 heterocycles. The van der Waals surface area contributed by atoms with Gasteiger partial charge in [0, 0.05) is 0 Å². The van der Waals surface area contributed by atoms with Gasteiger partial charge < -0.3 is 5.73 Å². The number of nitrogens with zero attached hydrogens (tertiary/aromatic N) is 1. The van der Waals surface area contributed by atoms with Crippen LogP contribution >= 0.6 is 34.7 Å². The SMILES string of the molecule is N=C(N)c1nsc(Cl)c1Cl. The first-order chi connectivity index (χ1) is 4.63. The highest BCUT2D eigenvalue weighted by atomic mass is 35.5. The Labute approximate surface area is 71.4 Å². The van der Waals surface area contributed by atoms with Gasteiger partial charge in [-0.2, -0.15) is 4.37 Å². The van der Waals surface area contributed by atoms with Crippen LogP contribution in [0.3, 0.4) is 0 Å². The van der Waals surface area contributed by atoms with Crippen molar-refractivity contribution in [1.29, 1.82) is 5.41 Å². The molecule has 0 spiro atoms. The van der Waals surface area contributed by atoms with E-state index in [1.165, 1.54) is 0 Å². The number of halogens is 2. The number of nitrogen functional groups attached to an aromatic ring is 1. The fraction of sp³-hybridized carbons (Fsp3) is 0. The van der Waals surface area contributed by atoms with Gasteiger partial charge in [-0.1, -0.05) is 23.2 Å². The number of hydrogen-bond acceptors (Lipinski definition) is 3. The summed E-state index contributed by atoms with van der Waals surface area (Å²) in [6, 6.07) is 0. The van der Waals surface area contributed by atoms with Crippen LogP contribution in [0.4, 0.5) is 0 Å². The summed E-state index contributed by atoms with van der Waals surface area (Å²) in [4.78, 5) is 0. The van der Waals surface area contributed by atoms with Crippen molar-refractivity contribution in [2.75, 3.05) is 0 Å². The third-order valence-electron chi connectivity index (χ3n) is 0.853. The minimum absolute atomic E-state index is 0.159. The molecule has 0 aliphatic carbocycles. The van der Waals surface area contributed by atoms with E-state index in [-0.39, 0.29) is 16.6 Å². The fourth-order valence-corrected chi connectivity index (χ4v) is 1.45. The summed E-state index contributed by atoms with van der Waals surface area (Å²) in [5, 5.41) is 7.23. The fourth-order valence-electron chi connectivity index (χ4n) is 0.426. The molecule has 3 nitrogen and oxygen atoms in total. The average molecular weight is 196 g/mol. The van der Waals surface area contributed by atoms with E-state index in [1.807, 2.05) is 0 Å². The summed E-state index contributed by atoms with van der Waals surface area (Å²) in [5.41, 5.74) is 5.37. The zero-order valence-electron chi connectivity index (χ0n) is 4.69. The first-order valence-electron chi connectivity index (χ1n) is 2.28. The topological polar surface area (TPSA) is 62.8 Å². The molecule has 0 radical (unpaired) electrons. The molecule has 0 fully saturated rings.